The van der Waals surface area contributed by atoms with Gasteiger partial charge in [0, 0.05) is 24.4 Å². The van der Waals surface area contributed by atoms with Gasteiger partial charge < -0.3 is 13.9 Å². The van der Waals surface area contributed by atoms with Crippen LogP contribution in [0.1, 0.15) is 12.5 Å². The Morgan fingerprint density at radius 3 is 2.76 bits per heavy atom. The second kappa shape index (κ2) is 6.62. The van der Waals surface area contributed by atoms with E-state index in [0.717, 1.165) is 10.9 Å². The van der Waals surface area contributed by atoms with E-state index in [1.54, 1.807) is 12.1 Å². The third kappa shape index (κ3) is 4.11. The lowest BCUT2D eigenvalue weighted by atomic mass is 10.1. The van der Waals surface area contributed by atoms with Crippen LogP contribution in [0.5, 0.6) is 5.75 Å². The van der Waals surface area contributed by atoms with Crippen LogP contribution in [0.2, 0.25) is 0 Å². The van der Waals surface area contributed by atoms with E-state index in [1.807, 2.05) is 13.0 Å². The van der Waals surface area contributed by atoms with Gasteiger partial charge in [-0.3, -0.25) is 4.79 Å². The molecular formula is C16H14O5. The molecule has 0 fully saturated rings. The highest BCUT2D eigenvalue weighted by molar-refractivity contribution is 5.81. The standard InChI is InChI=1S/C16H14O5/c1-11-9-16(18)21-15-10-13(5-6-14(11)15)20-8-4-3-7-19-12(2)17/h5-6,9-10H,7-8H2,1-2H3. The van der Waals surface area contributed by atoms with Gasteiger partial charge in [-0.1, -0.05) is 11.8 Å². The first-order valence-corrected chi connectivity index (χ1v) is 6.32. The molecule has 2 aromatic rings. The molecule has 5 heteroatoms. The lowest BCUT2D eigenvalue weighted by molar-refractivity contribution is -0.139. The summed E-state index contributed by atoms with van der Waals surface area (Å²) in [6, 6.07) is 6.71. The number of hydrogen-bond donors (Lipinski definition) is 0. The number of benzene rings is 1. The van der Waals surface area contributed by atoms with Gasteiger partial charge in [0.15, 0.2) is 6.61 Å². The highest BCUT2D eigenvalue weighted by atomic mass is 16.5. The van der Waals surface area contributed by atoms with Crippen LogP contribution >= 0.6 is 0 Å². The summed E-state index contributed by atoms with van der Waals surface area (Å²) in [4.78, 5) is 21.9. The number of fused-ring (bicyclic) bond motifs is 1. The number of aryl methyl sites for hydroxylation is 1. The summed E-state index contributed by atoms with van der Waals surface area (Å²) in [5, 5.41) is 0.864. The molecule has 0 amide bonds. The first kappa shape index (κ1) is 14.7. The summed E-state index contributed by atoms with van der Waals surface area (Å²) in [6.45, 7) is 3.37. The van der Waals surface area contributed by atoms with Gasteiger partial charge in [0.2, 0.25) is 0 Å². The van der Waals surface area contributed by atoms with Crippen molar-refractivity contribution in [1.29, 1.82) is 0 Å². The molecule has 0 N–H and O–H groups in total. The maximum absolute atomic E-state index is 11.3. The molecular weight excluding hydrogens is 272 g/mol. The number of ether oxygens (including phenoxy) is 2. The number of hydrogen-bond acceptors (Lipinski definition) is 5. The van der Waals surface area contributed by atoms with Gasteiger partial charge in [0.05, 0.1) is 0 Å². The SMILES string of the molecule is CC(=O)OCC#CCOc1ccc2c(C)cc(=O)oc2c1. The monoisotopic (exact) mass is 286 g/mol. The molecule has 21 heavy (non-hydrogen) atoms. The molecule has 1 heterocycles. The quantitative estimate of drug-likeness (QED) is 0.491. The van der Waals surface area contributed by atoms with Crippen LogP contribution in [0.4, 0.5) is 0 Å². The minimum absolute atomic E-state index is 0.0461. The van der Waals surface area contributed by atoms with Crippen molar-refractivity contribution in [1.82, 2.24) is 0 Å². The van der Waals surface area contributed by atoms with Crippen molar-refractivity contribution in [2.24, 2.45) is 0 Å². The summed E-state index contributed by atoms with van der Waals surface area (Å²) in [6.07, 6.45) is 0. The largest absolute Gasteiger partial charge is 0.481 e. The second-order valence-corrected chi connectivity index (χ2v) is 4.33. The Morgan fingerprint density at radius 1 is 1.24 bits per heavy atom. The fourth-order valence-electron chi connectivity index (χ4n) is 1.75. The normalized spacial score (nSPS) is 9.81. The Hall–Kier alpha value is -2.74. The Morgan fingerprint density at radius 2 is 2.00 bits per heavy atom. The summed E-state index contributed by atoms with van der Waals surface area (Å²) in [5.41, 5.74) is 0.942. The first-order chi connectivity index (χ1) is 10.1. The smallest absolute Gasteiger partial charge is 0.336 e. The van der Waals surface area contributed by atoms with E-state index >= 15 is 0 Å². The molecule has 1 aromatic carbocycles. The van der Waals surface area contributed by atoms with Gasteiger partial charge in [-0.15, -0.1) is 0 Å². The summed E-state index contributed by atoms with van der Waals surface area (Å²) < 4.78 is 15.2. The van der Waals surface area contributed by atoms with E-state index in [0.29, 0.717) is 11.3 Å². The lowest BCUT2D eigenvalue weighted by Gasteiger charge is -2.04. The molecule has 0 bridgehead atoms. The number of carbonyl (C=O) groups excluding carboxylic acids is 1. The van der Waals surface area contributed by atoms with Crippen LogP contribution in [0.15, 0.2) is 33.5 Å². The van der Waals surface area contributed by atoms with Crippen molar-refractivity contribution in [3.63, 3.8) is 0 Å². The van der Waals surface area contributed by atoms with Crippen molar-refractivity contribution in [3.05, 3.63) is 40.2 Å². The number of rotatable bonds is 3. The molecule has 2 rings (SSSR count). The maximum atomic E-state index is 11.3. The zero-order valence-electron chi connectivity index (χ0n) is 11.8. The topological polar surface area (TPSA) is 65.7 Å². The molecule has 0 atom stereocenters. The minimum Gasteiger partial charge on any atom is -0.481 e. The van der Waals surface area contributed by atoms with Gasteiger partial charge in [-0.2, -0.15) is 0 Å². The van der Waals surface area contributed by atoms with Crippen molar-refractivity contribution in [2.75, 3.05) is 13.2 Å². The minimum atomic E-state index is -0.390. The second-order valence-electron chi connectivity index (χ2n) is 4.33. The third-order valence-corrected chi connectivity index (χ3v) is 2.71. The Balaban J connectivity index is 2.03. The average Bonchev–Trinajstić information content (AvgIpc) is 2.41. The Labute approximate surface area is 121 Å². The fourth-order valence-corrected chi connectivity index (χ4v) is 1.75. The van der Waals surface area contributed by atoms with Crippen molar-refractivity contribution in [3.8, 4) is 17.6 Å². The summed E-state index contributed by atoms with van der Waals surface area (Å²) in [7, 11) is 0. The van der Waals surface area contributed by atoms with Gasteiger partial charge in [0.1, 0.15) is 17.9 Å². The number of esters is 1. The molecule has 0 aliphatic rings. The van der Waals surface area contributed by atoms with E-state index in [2.05, 4.69) is 16.6 Å². The maximum Gasteiger partial charge on any atom is 0.336 e. The predicted molar refractivity (Wildman–Crippen MR) is 77.1 cm³/mol. The van der Waals surface area contributed by atoms with Crippen LogP contribution in [0, 0.1) is 18.8 Å². The highest BCUT2D eigenvalue weighted by Crippen LogP contribution is 2.21. The lowest BCUT2D eigenvalue weighted by Crippen LogP contribution is -2.00. The Bertz CT molecular complexity index is 777. The van der Waals surface area contributed by atoms with Crippen molar-refractivity contribution >= 4 is 16.9 Å². The summed E-state index contributed by atoms with van der Waals surface area (Å²) >= 11 is 0. The molecule has 0 unspecified atom stereocenters. The van der Waals surface area contributed by atoms with Crippen LogP contribution in [-0.2, 0) is 9.53 Å². The molecule has 0 aliphatic carbocycles. The van der Waals surface area contributed by atoms with Crippen LogP contribution in [-0.4, -0.2) is 19.2 Å². The average molecular weight is 286 g/mol. The predicted octanol–water partition coefficient (Wildman–Crippen LogP) is 2.05. The molecule has 5 nitrogen and oxygen atoms in total. The molecule has 0 saturated heterocycles. The van der Waals surface area contributed by atoms with Crippen LogP contribution in [0.3, 0.4) is 0 Å². The van der Waals surface area contributed by atoms with Gasteiger partial charge >= 0.3 is 11.6 Å². The highest BCUT2D eigenvalue weighted by Gasteiger charge is 2.03. The summed E-state index contributed by atoms with van der Waals surface area (Å²) in [5.74, 6) is 5.55. The molecule has 0 saturated carbocycles. The van der Waals surface area contributed by atoms with Gasteiger partial charge in [0.25, 0.3) is 0 Å². The first-order valence-electron chi connectivity index (χ1n) is 6.32. The van der Waals surface area contributed by atoms with E-state index in [9.17, 15) is 9.59 Å². The van der Waals surface area contributed by atoms with Crippen molar-refractivity contribution in [2.45, 2.75) is 13.8 Å². The van der Waals surface area contributed by atoms with Crippen LogP contribution in [0.25, 0.3) is 11.0 Å². The zero-order valence-corrected chi connectivity index (χ0v) is 11.8. The van der Waals surface area contributed by atoms with E-state index in [4.69, 9.17) is 9.15 Å². The zero-order chi connectivity index (χ0) is 15.2. The van der Waals surface area contributed by atoms with Crippen LogP contribution < -0.4 is 10.4 Å². The molecule has 0 radical (unpaired) electrons. The van der Waals surface area contributed by atoms with Gasteiger partial charge in [-0.25, -0.2) is 4.79 Å². The molecule has 1 aromatic heterocycles. The van der Waals surface area contributed by atoms with E-state index in [1.165, 1.54) is 13.0 Å². The fraction of sp³-hybridized carbons (Fsp3) is 0.250. The van der Waals surface area contributed by atoms with Crippen molar-refractivity contribution < 1.29 is 18.7 Å². The molecule has 0 spiro atoms. The van der Waals surface area contributed by atoms with E-state index in [-0.39, 0.29) is 19.2 Å². The Kier molecular flexibility index (Phi) is 4.62. The van der Waals surface area contributed by atoms with Gasteiger partial charge in [-0.05, 0) is 24.6 Å². The molecule has 108 valence electrons. The number of carbonyl (C=O) groups is 1. The molecule has 0 aliphatic heterocycles. The van der Waals surface area contributed by atoms with E-state index < -0.39 is 5.63 Å². The third-order valence-electron chi connectivity index (χ3n) is 2.71.